The number of fused-ring (bicyclic) bond motifs is 1. The van der Waals surface area contributed by atoms with Gasteiger partial charge in [-0.15, -0.1) is 10.2 Å². The second-order valence-electron chi connectivity index (χ2n) is 8.67. The van der Waals surface area contributed by atoms with E-state index in [0.717, 1.165) is 74.9 Å². The van der Waals surface area contributed by atoms with Gasteiger partial charge in [0.1, 0.15) is 0 Å². The number of carboxylic acid groups (broad SMARTS) is 1. The summed E-state index contributed by atoms with van der Waals surface area (Å²) in [6.45, 7) is 9.31. The number of Topliss-reactive ketones (excluding diaryl/α,β-unsaturated/α-hetero) is 1. The van der Waals surface area contributed by atoms with E-state index in [4.69, 9.17) is 19.4 Å². The molecule has 1 aliphatic rings. The quantitative estimate of drug-likeness (QED) is 0.388. The first-order valence-electron chi connectivity index (χ1n) is 11.6. The lowest BCUT2D eigenvalue weighted by atomic mass is 9.97. The molecule has 2 aromatic heterocycles. The fourth-order valence-corrected chi connectivity index (χ4v) is 3.97. The fourth-order valence-electron chi connectivity index (χ4n) is 3.97. The van der Waals surface area contributed by atoms with Crippen molar-refractivity contribution >= 4 is 22.7 Å². The van der Waals surface area contributed by atoms with E-state index in [1.165, 1.54) is 0 Å². The number of benzene rings is 1. The van der Waals surface area contributed by atoms with Crippen molar-refractivity contribution in [2.75, 3.05) is 33.4 Å². The number of aromatic nitrogens is 4. The van der Waals surface area contributed by atoms with E-state index in [1.807, 2.05) is 16.8 Å². The molecule has 1 fully saturated rings. The molecule has 1 aliphatic heterocycles. The largest absolute Gasteiger partial charge is 0.476 e. The van der Waals surface area contributed by atoms with Crippen LogP contribution >= 0.6 is 0 Å². The van der Waals surface area contributed by atoms with E-state index < -0.39 is 11.8 Å². The number of piperidine rings is 1. The van der Waals surface area contributed by atoms with Crippen LogP contribution in [0.5, 0.6) is 0 Å². The summed E-state index contributed by atoms with van der Waals surface area (Å²) in [7, 11) is 1.76. The lowest BCUT2D eigenvalue weighted by Crippen LogP contribution is -2.34. The average molecular weight is 472 g/mol. The number of para-hydroxylation sites is 1. The maximum atomic E-state index is 9.54. The van der Waals surface area contributed by atoms with E-state index >= 15 is 0 Å². The highest BCUT2D eigenvalue weighted by atomic mass is 16.5. The smallest absolute Gasteiger partial charge is 0.371 e. The maximum absolute atomic E-state index is 9.54. The minimum atomic E-state index is -1.38. The number of ketones is 1. The second-order valence-corrected chi connectivity index (χ2v) is 8.67. The van der Waals surface area contributed by atoms with Crippen LogP contribution in [-0.2, 0) is 14.3 Å². The second kappa shape index (κ2) is 11.8. The van der Waals surface area contributed by atoms with Crippen molar-refractivity contribution in [2.45, 2.75) is 52.0 Å². The molecule has 10 nitrogen and oxygen atoms in total. The molecule has 3 aromatic rings. The number of carbonyl (C=O) groups is 2. The Morgan fingerprint density at radius 1 is 1.21 bits per heavy atom. The van der Waals surface area contributed by atoms with Gasteiger partial charge in [-0.05, 0) is 52.3 Å². The first kappa shape index (κ1) is 25.5. The third kappa shape index (κ3) is 6.27. The van der Waals surface area contributed by atoms with Crippen molar-refractivity contribution in [1.82, 2.24) is 24.9 Å². The lowest BCUT2D eigenvalue weighted by molar-refractivity contribution is -0.148. The van der Waals surface area contributed by atoms with Crippen LogP contribution < -0.4 is 0 Å². The first-order valence-corrected chi connectivity index (χ1v) is 11.6. The van der Waals surface area contributed by atoms with Crippen molar-refractivity contribution in [3.63, 3.8) is 0 Å². The van der Waals surface area contributed by atoms with Gasteiger partial charge in [0.05, 0.1) is 5.52 Å². The summed E-state index contributed by atoms with van der Waals surface area (Å²) in [5.41, 5.74) is 1.87. The summed E-state index contributed by atoms with van der Waals surface area (Å²) in [4.78, 5) is 21.4. The van der Waals surface area contributed by atoms with E-state index in [-0.39, 0.29) is 6.04 Å². The summed E-state index contributed by atoms with van der Waals surface area (Å²) in [5, 5.41) is 22.2. The molecule has 0 atom stereocenters. The Bertz CT molecular complexity index is 1090. The normalized spacial score (nSPS) is 14.9. The number of methoxy groups -OCH3 is 1. The number of likely N-dealkylation sites (tertiary alicyclic amines) is 1. The van der Waals surface area contributed by atoms with E-state index in [9.17, 15) is 9.59 Å². The Kier molecular flexibility index (Phi) is 8.89. The summed E-state index contributed by atoms with van der Waals surface area (Å²) in [6, 6.07) is 8.48. The summed E-state index contributed by atoms with van der Waals surface area (Å²) in [5.74, 6) is -0.605. The standard InChI is InChI=1S/C21H29N5O2.C3H4O3/c1-15(2)26-18-8-5-4-7-17(18)19(24-26)21-23-22-20(28-21)16-9-12-25(13-10-16)11-6-14-27-3;1-2(4)3(5)6/h4-5,7-8,15-16H,6,9-14H2,1-3H3;1H3,(H,5,6). The van der Waals surface area contributed by atoms with Gasteiger partial charge in [0.25, 0.3) is 5.89 Å². The lowest BCUT2D eigenvalue weighted by Gasteiger charge is -2.30. The molecule has 1 N–H and O–H groups in total. The van der Waals surface area contributed by atoms with Gasteiger partial charge in [0.2, 0.25) is 11.7 Å². The highest BCUT2D eigenvalue weighted by Crippen LogP contribution is 2.32. The van der Waals surface area contributed by atoms with Gasteiger partial charge in [-0.1, -0.05) is 18.2 Å². The highest BCUT2D eigenvalue weighted by Gasteiger charge is 2.26. The highest BCUT2D eigenvalue weighted by molar-refractivity contribution is 6.31. The number of hydrogen-bond acceptors (Lipinski definition) is 8. The minimum absolute atomic E-state index is 0.267. The fraction of sp³-hybridized carbons (Fsp3) is 0.542. The molecular formula is C24H33N5O5. The van der Waals surface area contributed by atoms with E-state index in [1.54, 1.807) is 7.11 Å². The summed E-state index contributed by atoms with van der Waals surface area (Å²) in [6.07, 6.45) is 3.18. The van der Waals surface area contributed by atoms with E-state index in [2.05, 4.69) is 41.1 Å². The number of rotatable bonds is 8. The van der Waals surface area contributed by atoms with Crippen LogP contribution in [0.15, 0.2) is 28.7 Å². The molecule has 0 aliphatic carbocycles. The number of nitrogens with zero attached hydrogens (tertiary/aromatic N) is 5. The predicted octanol–water partition coefficient (Wildman–Crippen LogP) is 3.54. The molecule has 1 aromatic carbocycles. The monoisotopic (exact) mass is 471 g/mol. The molecule has 0 radical (unpaired) electrons. The Labute approximate surface area is 198 Å². The summed E-state index contributed by atoms with van der Waals surface area (Å²) < 4.78 is 13.3. The maximum Gasteiger partial charge on any atom is 0.371 e. The molecule has 10 heteroatoms. The molecule has 0 unspecified atom stereocenters. The molecular weight excluding hydrogens is 438 g/mol. The number of aliphatic carboxylic acids is 1. The Hall–Kier alpha value is -3.11. The van der Waals surface area contributed by atoms with Crippen molar-refractivity contribution in [3.8, 4) is 11.6 Å². The van der Waals surface area contributed by atoms with Gasteiger partial charge in [0.15, 0.2) is 5.69 Å². The molecule has 0 saturated carbocycles. The molecule has 3 heterocycles. The van der Waals surface area contributed by atoms with Gasteiger partial charge in [-0.25, -0.2) is 4.79 Å². The molecule has 0 amide bonds. The van der Waals surface area contributed by atoms with Crippen molar-refractivity contribution in [1.29, 1.82) is 0 Å². The van der Waals surface area contributed by atoms with Crippen LogP contribution in [0.3, 0.4) is 0 Å². The van der Waals surface area contributed by atoms with Crippen molar-refractivity contribution < 1.29 is 23.8 Å². The third-order valence-electron chi connectivity index (χ3n) is 5.81. The van der Waals surface area contributed by atoms with Gasteiger partial charge in [-0.2, -0.15) is 5.10 Å². The molecule has 0 bridgehead atoms. The third-order valence-corrected chi connectivity index (χ3v) is 5.81. The molecule has 34 heavy (non-hydrogen) atoms. The first-order chi connectivity index (χ1) is 16.3. The Morgan fingerprint density at radius 3 is 2.50 bits per heavy atom. The SMILES string of the molecule is CC(=O)C(=O)O.COCCCN1CCC(c2nnc(-c3nn(C(C)C)c4ccccc34)o2)CC1. The number of ether oxygens (including phenoxy) is 1. The van der Waals surface area contributed by atoms with Gasteiger partial charge >= 0.3 is 5.97 Å². The zero-order chi connectivity index (χ0) is 24.7. The van der Waals surface area contributed by atoms with Crippen LogP contribution in [0.4, 0.5) is 0 Å². The predicted molar refractivity (Wildman–Crippen MR) is 127 cm³/mol. The van der Waals surface area contributed by atoms with Gasteiger partial charge in [-0.3, -0.25) is 9.48 Å². The minimum Gasteiger partial charge on any atom is -0.476 e. The Balaban J connectivity index is 0.000000481. The molecule has 4 rings (SSSR count). The van der Waals surface area contributed by atoms with Crippen LogP contribution in [0.1, 0.15) is 57.9 Å². The van der Waals surface area contributed by atoms with Crippen molar-refractivity contribution in [3.05, 3.63) is 30.2 Å². The van der Waals surface area contributed by atoms with Crippen LogP contribution in [0.25, 0.3) is 22.5 Å². The summed E-state index contributed by atoms with van der Waals surface area (Å²) >= 11 is 0. The van der Waals surface area contributed by atoms with Gasteiger partial charge in [0, 0.05) is 44.5 Å². The van der Waals surface area contributed by atoms with Crippen LogP contribution in [0, 0.1) is 0 Å². The van der Waals surface area contributed by atoms with E-state index in [0.29, 0.717) is 11.8 Å². The van der Waals surface area contributed by atoms with Crippen LogP contribution in [-0.4, -0.2) is 75.1 Å². The number of carbonyl (C=O) groups excluding carboxylic acids is 1. The molecule has 0 spiro atoms. The molecule has 184 valence electrons. The van der Waals surface area contributed by atoms with Crippen LogP contribution in [0.2, 0.25) is 0 Å². The topological polar surface area (TPSA) is 124 Å². The number of carboxylic acids is 1. The molecule has 1 saturated heterocycles. The number of hydrogen-bond donors (Lipinski definition) is 1. The van der Waals surface area contributed by atoms with Gasteiger partial charge < -0.3 is 19.2 Å². The Morgan fingerprint density at radius 2 is 1.88 bits per heavy atom. The zero-order valence-electron chi connectivity index (χ0n) is 20.2. The average Bonchev–Trinajstić information content (AvgIpc) is 3.45. The van der Waals surface area contributed by atoms with Crippen molar-refractivity contribution in [2.24, 2.45) is 0 Å². The zero-order valence-corrected chi connectivity index (χ0v) is 20.2.